The number of anilines is 1. The van der Waals surface area contributed by atoms with E-state index in [0.717, 1.165) is 0 Å². The molecule has 1 aromatic carbocycles. The van der Waals surface area contributed by atoms with Gasteiger partial charge in [0.15, 0.2) is 6.61 Å². The van der Waals surface area contributed by atoms with Gasteiger partial charge < -0.3 is 19.9 Å². The number of nitrogen functional groups attached to an aromatic ring is 1. The van der Waals surface area contributed by atoms with E-state index in [0.29, 0.717) is 27.0 Å². The van der Waals surface area contributed by atoms with Crippen LogP contribution in [0.15, 0.2) is 30.5 Å². The molecule has 2 aromatic rings. The lowest BCUT2D eigenvalue weighted by molar-refractivity contribution is -0.145. The van der Waals surface area contributed by atoms with Crippen LogP contribution < -0.4 is 15.2 Å². The molecule has 0 amide bonds. The molecule has 24 heavy (non-hydrogen) atoms. The van der Waals surface area contributed by atoms with Crippen molar-refractivity contribution in [2.75, 3.05) is 18.9 Å². The third kappa shape index (κ3) is 4.91. The largest absolute Gasteiger partial charge is 0.487 e. The van der Waals surface area contributed by atoms with Gasteiger partial charge in [-0.3, -0.25) is 0 Å². The molecule has 0 saturated heterocycles. The Kier molecular flexibility index (Phi) is 6.52. The number of carbonyl (C=O) groups excluding carboxylic acids is 1. The number of rotatable bonds is 7. The Morgan fingerprint density at radius 3 is 2.79 bits per heavy atom. The summed E-state index contributed by atoms with van der Waals surface area (Å²) < 4.78 is 15.8. The van der Waals surface area contributed by atoms with E-state index in [1.165, 1.54) is 6.07 Å². The molecule has 0 unspecified atom stereocenters. The number of benzene rings is 1. The van der Waals surface area contributed by atoms with E-state index in [-0.39, 0.29) is 25.7 Å². The molecule has 0 atom stereocenters. The molecule has 8 heteroatoms. The van der Waals surface area contributed by atoms with Gasteiger partial charge in [-0.25, -0.2) is 9.78 Å². The molecule has 0 aliphatic heterocycles. The van der Waals surface area contributed by atoms with Gasteiger partial charge in [0.2, 0.25) is 5.88 Å². The van der Waals surface area contributed by atoms with Gasteiger partial charge in [-0.1, -0.05) is 23.2 Å². The maximum atomic E-state index is 11.4. The first-order valence-electron chi connectivity index (χ1n) is 7.11. The fourth-order valence-corrected chi connectivity index (χ4v) is 2.24. The average molecular weight is 371 g/mol. The van der Waals surface area contributed by atoms with Crippen molar-refractivity contribution in [2.24, 2.45) is 0 Å². The van der Waals surface area contributed by atoms with Gasteiger partial charge in [-0.05, 0) is 25.1 Å². The third-order valence-electron chi connectivity index (χ3n) is 2.92. The van der Waals surface area contributed by atoms with Gasteiger partial charge in [-0.2, -0.15) is 0 Å². The maximum absolute atomic E-state index is 11.4. The van der Waals surface area contributed by atoms with Gasteiger partial charge in [0, 0.05) is 12.3 Å². The Bertz CT molecular complexity index is 725. The van der Waals surface area contributed by atoms with Crippen LogP contribution in [0.25, 0.3) is 0 Å². The van der Waals surface area contributed by atoms with E-state index in [1.54, 1.807) is 31.3 Å². The fourth-order valence-electron chi connectivity index (χ4n) is 1.80. The molecule has 0 radical (unpaired) electrons. The number of aromatic nitrogens is 1. The van der Waals surface area contributed by atoms with Gasteiger partial charge >= 0.3 is 5.97 Å². The predicted octanol–water partition coefficient (Wildman–Crippen LogP) is 3.49. The van der Waals surface area contributed by atoms with Crippen LogP contribution in [0.4, 0.5) is 5.69 Å². The van der Waals surface area contributed by atoms with Gasteiger partial charge in [0.25, 0.3) is 0 Å². The zero-order valence-corrected chi connectivity index (χ0v) is 14.4. The third-order valence-corrected chi connectivity index (χ3v) is 3.54. The quantitative estimate of drug-likeness (QED) is 0.593. The molecule has 2 N–H and O–H groups in total. The summed E-state index contributed by atoms with van der Waals surface area (Å²) in [6, 6.07) is 6.55. The number of nitrogens with zero attached hydrogens (tertiary/aromatic N) is 1. The first-order chi connectivity index (χ1) is 11.5. The molecule has 0 spiro atoms. The second-order valence-electron chi connectivity index (χ2n) is 4.65. The fraction of sp³-hybridized carbons (Fsp3) is 0.250. The lowest BCUT2D eigenvalue weighted by Gasteiger charge is -2.12. The Hall–Kier alpha value is -2.18. The molecule has 0 bridgehead atoms. The molecule has 2 rings (SSSR count). The first-order valence-corrected chi connectivity index (χ1v) is 7.86. The van der Waals surface area contributed by atoms with Crippen molar-refractivity contribution in [3.05, 3.63) is 46.1 Å². The lowest BCUT2D eigenvalue weighted by atomic mass is 10.2. The number of hydrogen-bond acceptors (Lipinski definition) is 6. The van der Waals surface area contributed by atoms with Gasteiger partial charge in [0.1, 0.15) is 12.4 Å². The second kappa shape index (κ2) is 8.61. The van der Waals surface area contributed by atoms with Crippen molar-refractivity contribution >= 4 is 34.9 Å². The number of pyridine rings is 1. The molecule has 0 saturated carbocycles. The summed E-state index contributed by atoms with van der Waals surface area (Å²) >= 11 is 12.0. The number of carbonyl (C=O) groups is 1. The maximum Gasteiger partial charge on any atom is 0.344 e. The zero-order valence-electron chi connectivity index (χ0n) is 12.9. The minimum Gasteiger partial charge on any atom is -0.487 e. The highest BCUT2D eigenvalue weighted by Crippen LogP contribution is 2.33. The molecule has 0 fully saturated rings. The Balaban J connectivity index is 2.05. The van der Waals surface area contributed by atoms with Crippen molar-refractivity contribution in [1.29, 1.82) is 0 Å². The van der Waals surface area contributed by atoms with Crippen molar-refractivity contribution in [2.45, 2.75) is 13.5 Å². The minimum absolute atomic E-state index is 0.132. The summed E-state index contributed by atoms with van der Waals surface area (Å²) in [5.74, 6) is 0.200. The van der Waals surface area contributed by atoms with Crippen LogP contribution >= 0.6 is 23.2 Å². The summed E-state index contributed by atoms with van der Waals surface area (Å²) in [7, 11) is 0. The average Bonchev–Trinajstić information content (AvgIpc) is 2.56. The normalized spacial score (nSPS) is 10.3. The first kappa shape index (κ1) is 18.2. The Morgan fingerprint density at radius 1 is 1.25 bits per heavy atom. The standard InChI is InChI=1S/C16H16Cl2N2O4/c1-2-22-15(21)9-24-16-10(4-3-5-20-16)8-23-14-7-13(19)11(17)6-12(14)18/h3-7H,2,8-9,19H2,1H3. The smallest absolute Gasteiger partial charge is 0.344 e. The molecular weight excluding hydrogens is 355 g/mol. The van der Waals surface area contributed by atoms with Crippen LogP contribution in [0.2, 0.25) is 10.0 Å². The highest BCUT2D eigenvalue weighted by atomic mass is 35.5. The highest BCUT2D eigenvalue weighted by molar-refractivity contribution is 6.37. The van der Waals surface area contributed by atoms with Crippen molar-refractivity contribution in [1.82, 2.24) is 4.98 Å². The summed E-state index contributed by atoms with van der Waals surface area (Å²) in [5, 5.41) is 0.694. The van der Waals surface area contributed by atoms with E-state index in [4.69, 9.17) is 43.1 Å². The second-order valence-corrected chi connectivity index (χ2v) is 5.47. The van der Waals surface area contributed by atoms with Crippen LogP contribution in [0.5, 0.6) is 11.6 Å². The monoisotopic (exact) mass is 370 g/mol. The van der Waals surface area contributed by atoms with Crippen LogP contribution in [0, 0.1) is 0 Å². The summed E-state index contributed by atoms with van der Waals surface area (Å²) in [4.78, 5) is 15.5. The number of esters is 1. The van der Waals surface area contributed by atoms with E-state index < -0.39 is 5.97 Å². The van der Waals surface area contributed by atoms with E-state index in [1.807, 2.05) is 0 Å². The van der Waals surface area contributed by atoms with Crippen LogP contribution in [-0.4, -0.2) is 24.2 Å². The molecule has 6 nitrogen and oxygen atoms in total. The lowest BCUT2D eigenvalue weighted by Crippen LogP contribution is -2.16. The predicted molar refractivity (Wildman–Crippen MR) is 91.6 cm³/mol. The topological polar surface area (TPSA) is 83.7 Å². The van der Waals surface area contributed by atoms with E-state index in [9.17, 15) is 4.79 Å². The molecule has 1 aromatic heterocycles. The Labute approximate surface area is 149 Å². The summed E-state index contributed by atoms with van der Waals surface area (Å²) in [5.41, 5.74) is 6.75. The molecular formula is C16H16Cl2N2O4. The van der Waals surface area contributed by atoms with Crippen LogP contribution in [0.1, 0.15) is 12.5 Å². The highest BCUT2D eigenvalue weighted by Gasteiger charge is 2.11. The van der Waals surface area contributed by atoms with E-state index in [2.05, 4.69) is 4.98 Å². The minimum atomic E-state index is -0.469. The number of hydrogen-bond donors (Lipinski definition) is 1. The van der Waals surface area contributed by atoms with Crippen molar-refractivity contribution in [3.8, 4) is 11.6 Å². The molecule has 0 aliphatic carbocycles. The van der Waals surface area contributed by atoms with Gasteiger partial charge in [-0.15, -0.1) is 0 Å². The van der Waals surface area contributed by atoms with E-state index >= 15 is 0 Å². The molecule has 1 heterocycles. The zero-order chi connectivity index (χ0) is 17.5. The number of nitrogens with two attached hydrogens (primary N) is 1. The molecule has 128 valence electrons. The summed E-state index contributed by atoms with van der Waals surface area (Å²) in [6.45, 7) is 1.91. The van der Waals surface area contributed by atoms with Crippen LogP contribution in [0.3, 0.4) is 0 Å². The SMILES string of the molecule is CCOC(=O)COc1ncccc1COc1cc(N)c(Cl)cc1Cl. The van der Waals surface area contributed by atoms with Crippen molar-refractivity contribution < 1.29 is 19.0 Å². The summed E-state index contributed by atoms with van der Waals surface area (Å²) in [6.07, 6.45) is 1.55. The van der Waals surface area contributed by atoms with Crippen LogP contribution in [-0.2, 0) is 16.1 Å². The van der Waals surface area contributed by atoms with Crippen molar-refractivity contribution in [3.63, 3.8) is 0 Å². The number of halogens is 2. The Morgan fingerprint density at radius 2 is 2.04 bits per heavy atom. The van der Waals surface area contributed by atoms with Gasteiger partial charge in [0.05, 0.1) is 27.9 Å². The number of ether oxygens (including phenoxy) is 3. The molecule has 0 aliphatic rings.